The summed E-state index contributed by atoms with van der Waals surface area (Å²) in [5.74, 6) is 1.27. The number of benzene rings is 1. The number of rotatable bonds is 4. The molecule has 9 nitrogen and oxygen atoms in total. The molecule has 1 aromatic carbocycles. The van der Waals surface area contributed by atoms with Crippen LogP contribution in [-0.4, -0.2) is 62.8 Å². The van der Waals surface area contributed by atoms with Crippen LogP contribution in [0.4, 0.5) is 0 Å². The summed E-state index contributed by atoms with van der Waals surface area (Å²) in [6, 6.07) is 8.00. The number of amides is 1. The normalized spacial score (nSPS) is 16.2. The molecule has 0 atom stereocenters. The molecular formula is C27H29N5O4S. The minimum atomic E-state index is -0.431. The highest BCUT2D eigenvalue weighted by atomic mass is 32.1. The second-order valence-corrected chi connectivity index (χ2v) is 10.8. The van der Waals surface area contributed by atoms with Gasteiger partial charge < -0.3 is 19.1 Å². The Morgan fingerprint density at radius 1 is 1.19 bits per heavy atom. The molecule has 2 aliphatic rings. The van der Waals surface area contributed by atoms with E-state index in [0.717, 1.165) is 39.5 Å². The second-order valence-electron chi connectivity index (χ2n) is 10.0. The van der Waals surface area contributed by atoms with Gasteiger partial charge in [0.05, 0.1) is 48.6 Å². The maximum atomic E-state index is 13.9. The van der Waals surface area contributed by atoms with Crippen LogP contribution in [0.5, 0.6) is 11.5 Å². The number of carbonyl (C=O) groups is 1. The van der Waals surface area contributed by atoms with Gasteiger partial charge in [0.25, 0.3) is 5.91 Å². The first-order valence-electron chi connectivity index (χ1n) is 12.2. The molecule has 1 amide bonds. The predicted molar refractivity (Wildman–Crippen MR) is 141 cm³/mol. The third-order valence-corrected chi connectivity index (χ3v) is 7.70. The monoisotopic (exact) mass is 519 g/mol. The number of methoxy groups -OCH3 is 1. The average molecular weight is 520 g/mol. The number of aromatic nitrogens is 4. The van der Waals surface area contributed by atoms with E-state index in [1.807, 2.05) is 71.0 Å². The van der Waals surface area contributed by atoms with Crippen LogP contribution < -0.4 is 9.47 Å². The number of hydrogen-bond donors (Lipinski definition) is 0. The number of morpholine rings is 1. The van der Waals surface area contributed by atoms with E-state index in [-0.39, 0.29) is 12.5 Å². The molecule has 0 aliphatic carbocycles. The number of thiophene rings is 1. The van der Waals surface area contributed by atoms with Crippen LogP contribution in [0, 0.1) is 6.92 Å². The van der Waals surface area contributed by atoms with E-state index in [4.69, 9.17) is 19.3 Å². The van der Waals surface area contributed by atoms with Crippen molar-refractivity contribution in [1.29, 1.82) is 0 Å². The molecule has 0 radical (unpaired) electrons. The first-order chi connectivity index (χ1) is 17.8. The van der Waals surface area contributed by atoms with Gasteiger partial charge >= 0.3 is 0 Å². The van der Waals surface area contributed by atoms with E-state index in [0.29, 0.717) is 37.0 Å². The number of fused-ring (bicyclic) bond motifs is 3. The van der Waals surface area contributed by atoms with Gasteiger partial charge in [0, 0.05) is 41.7 Å². The van der Waals surface area contributed by atoms with E-state index >= 15 is 0 Å². The van der Waals surface area contributed by atoms with E-state index in [1.165, 1.54) is 0 Å². The van der Waals surface area contributed by atoms with Crippen LogP contribution in [-0.2, 0) is 18.4 Å². The summed E-state index contributed by atoms with van der Waals surface area (Å²) in [5.41, 5.74) is 6.12. The standard InChI is InChI=1S/C27H29N5O4S/c1-16-10-21(30(4)28-16)18-11-19-23(12-22(18)34-5)36-13-20-24(26(33)31-7-8-35-15-27(31,2)3)29-32(25(19)20)17-6-9-37-14-17/h6,9-12,14H,7-8,13,15H2,1-5H3. The van der Waals surface area contributed by atoms with E-state index in [1.54, 1.807) is 18.4 Å². The third kappa shape index (κ3) is 3.82. The molecule has 5 heterocycles. The zero-order valence-electron chi connectivity index (χ0n) is 21.6. The summed E-state index contributed by atoms with van der Waals surface area (Å²) < 4.78 is 21.4. The fraction of sp³-hybridized carbons (Fsp3) is 0.370. The molecule has 2 aliphatic heterocycles. The van der Waals surface area contributed by atoms with Crippen molar-refractivity contribution in [2.75, 3.05) is 26.9 Å². The Labute approximate surface area is 219 Å². The number of ether oxygens (including phenoxy) is 3. The summed E-state index contributed by atoms with van der Waals surface area (Å²) in [7, 11) is 3.57. The van der Waals surface area contributed by atoms with Crippen LogP contribution >= 0.6 is 11.3 Å². The highest BCUT2D eigenvalue weighted by molar-refractivity contribution is 7.08. The van der Waals surface area contributed by atoms with Gasteiger partial charge in [0.1, 0.15) is 18.1 Å². The van der Waals surface area contributed by atoms with Crippen molar-refractivity contribution in [2.24, 2.45) is 7.05 Å². The average Bonchev–Trinajstić information content (AvgIpc) is 3.61. The van der Waals surface area contributed by atoms with Crippen LogP contribution in [0.25, 0.3) is 28.2 Å². The van der Waals surface area contributed by atoms with Gasteiger partial charge in [-0.05, 0) is 44.4 Å². The van der Waals surface area contributed by atoms with Gasteiger partial charge in [-0.2, -0.15) is 21.5 Å². The Bertz CT molecular complexity index is 1500. The molecule has 192 valence electrons. The lowest BCUT2D eigenvalue weighted by Gasteiger charge is -2.41. The van der Waals surface area contributed by atoms with Crippen LogP contribution in [0.3, 0.4) is 0 Å². The first kappa shape index (κ1) is 23.7. The van der Waals surface area contributed by atoms with Gasteiger partial charge in [-0.1, -0.05) is 0 Å². The number of nitrogens with zero attached hydrogens (tertiary/aromatic N) is 5. The largest absolute Gasteiger partial charge is 0.496 e. The highest BCUT2D eigenvalue weighted by Crippen LogP contribution is 2.46. The fourth-order valence-electron chi connectivity index (χ4n) is 5.21. The molecule has 10 heteroatoms. The summed E-state index contributed by atoms with van der Waals surface area (Å²) in [4.78, 5) is 15.8. The Morgan fingerprint density at radius 3 is 2.70 bits per heavy atom. The van der Waals surface area contributed by atoms with Crippen molar-refractivity contribution in [3.8, 4) is 39.7 Å². The van der Waals surface area contributed by atoms with Gasteiger partial charge in [0.2, 0.25) is 0 Å². The first-order valence-corrected chi connectivity index (χ1v) is 13.1. The van der Waals surface area contributed by atoms with Crippen molar-refractivity contribution in [2.45, 2.75) is 32.9 Å². The Balaban J connectivity index is 1.56. The summed E-state index contributed by atoms with van der Waals surface area (Å²) in [5, 5.41) is 13.5. The number of hydrogen-bond acceptors (Lipinski definition) is 7. The van der Waals surface area contributed by atoms with Crippen LogP contribution in [0.1, 0.15) is 35.6 Å². The van der Waals surface area contributed by atoms with Gasteiger partial charge in [-0.15, -0.1) is 0 Å². The molecule has 0 spiro atoms. The van der Waals surface area contributed by atoms with Gasteiger partial charge in [-0.3, -0.25) is 9.48 Å². The summed E-state index contributed by atoms with van der Waals surface area (Å²) in [6.45, 7) is 7.76. The smallest absolute Gasteiger partial charge is 0.275 e. The zero-order chi connectivity index (χ0) is 25.9. The highest BCUT2D eigenvalue weighted by Gasteiger charge is 2.39. The topological polar surface area (TPSA) is 83.6 Å². The molecule has 3 aromatic heterocycles. The lowest BCUT2D eigenvalue weighted by molar-refractivity contribution is -0.0374. The van der Waals surface area contributed by atoms with Crippen molar-refractivity contribution >= 4 is 17.2 Å². The van der Waals surface area contributed by atoms with Crippen LogP contribution in [0.2, 0.25) is 0 Å². The Kier molecular flexibility index (Phi) is 5.61. The molecule has 6 rings (SSSR count). The van der Waals surface area contributed by atoms with Gasteiger partial charge in [-0.25, -0.2) is 4.68 Å². The van der Waals surface area contributed by atoms with E-state index in [2.05, 4.69) is 11.2 Å². The fourth-order valence-corrected chi connectivity index (χ4v) is 5.82. The molecule has 1 fully saturated rings. The van der Waals surface area contributed by atoms with Crippen molar-refractivity contribution in [3.63, 3.8) is 0 Å². The lowest BCUT2D eigenvalue weighted by Crippen LogP contribution is -2.55. The van der Waals surface area contributed by atoms with Crippen molar-refractivity contribution in [3.05, 3.63) is 52.0 Å². The second kappa shape index (κ2) is 8.74. The molecule has 0 bridgehead atoms. The van der Waals surface area contributed by atoms with Crippen molar-refractivity contribution < 1.29 is 19.0 Å². The molecule has 4 aromatic rings. The summed E-state index contributed by atoms with van der Waals surface area (Å²) in [6.07, 6.45) is 0. The van der Waals surface area contributed by atoms with Crippen LogP contribution in [0.15, 0.2) is 35.0 Å². The van der Waals surface area contributed by atoms with Crippen molar-refractivity contribution in [1.82, 2.24) is 24.5 Å². The summed E-state index contributed by atoms with van der Waals surface area (Å²) >= 11 is 1.59. The minimum Gasteiger partial charge on any atom is -0.496 e. The molecule has 0 unspecified atom stereocenters. The number of aryl methyl sites for hydroxylation is 2. The van der Waals surface area contributed by atoms with Gasteiger partial charge in [0.15, 0.2) is 5.69 Å². The Morgan fingerprint density at radius 2 is 2.03 bits per heavy atom. The maximum absolute atomic E-state index is 13.9. The number of carbonyl (C=O) groups excluding carboxylic acids is 1. The molecular weight excluding hydrogens is 490 g/mol. The molecule has 0 saturated carbocycles. The minimum absolute atomic E-state index is 0.110. The zero-order valence-corrected chi connectivity index (χ0v) is 22.4. The third-order valence-electron chi connectivity index (χ3n) is 7.03. The molecule has 1 saturated heterocycles. The lowest BCUT2D eigenvalue weighted by atomic mass is 9.96. The molecule has 0 N–H and O–H groups in total. The predicted octanol–water partition coefficient (Wildman–Crippen LogP) is 4.46. The van der Waals surface area contributed by atoms with E-state index in [9.17, 15) is 4.79 Å². The van der Waals surface area contributed by atoms with E-state index < -0.39 is 5.54 Å². The maximum Gasteiger partial charge on any atom is 0.275 e. The Hall–Kier alpha value is -3.63. The molecule has 37 heavy (non-hydrogen) atoms. The quantitative estimate of drug-likeness (QED) is 0.396. The SMILES string of the molecule is COc1cc2c(cc1-c1cc(C)nn1C)-c1c(c(C(=O)N3CCOCC3(C)C)nn1-c1ccsc1)CO2.